The quantitative estimate of drug-likeness (QED) is 0.532. The van der Waals surface area contributed by atoms with Crippen LogP contribution in [-0.2, 0) is 4.79 Å². The maximum absolute atomic E-state index is 13.1. The second-order valence-electron chi connectivity index (χ2n) is 8.28. The molecule has 8 nitrogen and oxygen atoms in total. The fourth-order valence-corrected chi connectivity index (χ4v) is 4.88. The predicted octanol–water partition coefficient (Wildman–Crippen LogP) is 4.80. The van der Waals surface area contributed by atoms with Crippen molar-refractivity contribution in [2.45, 2.75) is 38.6 Å². The summed E-state index contributed by atoms with van der Waals surface area (Å²) in [6, 6.07) is 3.28. The summed E-state index contributed by atoms with van der Waals surface area (Å²) in [6.07, 6.45) is 8.75. The summed E-state index contributed by atoms with van der Waals surface area (Å²) in [7, 11) is 0. The molecular formula is C23H22Cl2N4O4. The average Bonchev–Trinajstić information content (AvgIpc) is 2.81. The maximum atomic E-state index is 13.1. The fourth-order valence-electron chi connectivity index (χ4n) is 4.42. The van der Waals surface area contributed by atoms with E-state index < -0.39 is 23.2 Å². The topological polar surface area (TPSA) is 114 Å². The molecule has 0 radical (unpaired) electrons. The summed E-state index contributed by atoms with van der Waals surface area (Å²) < 4.78 is 1.86. The van der Waals surface area contributed by atoms with Crippen molar-refractivity contribution in [3.05, 3.63) is 62.8 Å². The first-order chi connectivity index (χ1) is 15.8. The van der Waals surface area contributed by atoms with Crippen LogP contribution in [0, 0.1) is 11.8 Å². The minimum atomic E-state index is -0.790. The van der Waals surface area contributed by atoms with Crippen LogP contribution in [0.2, 0.25) is 10.0 Å². The van der Waals surface area contributed by atoms with Crippen LogP contribution in [0.4, 0.5) is 5.69 Å². The van der Waals surface area contributed by atoms with Crippen molar-refractivity contribution < 1.29 is 14.7 Å². The van der Waals surface area contributed by atoms with E-state index in [1.54, 1.807) is 25.3 Å². The zero-order valence-corrected chi connectivity index (χ0v) is 19.3. The molecule has 33 heavy (non-hydrogen) atoms. The molecular weight excluding hydrogens is 467 g/mol. The summed E-state index contributed by atoms with van der Waals surface area (Å²) >= 11 is 12.2. The molecule has 0 bridgehead atoms. The van der Waals surface area contributed by atoms with Gasteiger partial charge in [-0.1, -0.05) is 30.1 Å². The van der Waals surface area contributed by atoms with Gasteiger partial charge in [0.05, 0.1) is 27.0 Å². The number of carbonyl (C=O) groups is 2. The van der Waals surface area contributed by atoms with E-state index in [2.05, 4.69) is 15.3 Å². The van der Waals surface area contributed by atoms with Gasteiger partial charge >= 0.3 is 5.97 Å². The highest BCUT2D eigenvalue weighted by atomic mass is 35.5. The summed E-state index contributed by atoms with van der Waals surface area (Å²) in [5.74, 6) is -1.74. The third-order valence-electron chi connectivity index (χ3n) is 6.36. The lowest BCUT2D eigenvalue weighted by atomic mass is 9.79. The van der Waals surface area contributed by atoms with E-state index in [-0.39, 0.29) is 33.3 Å². The Bertz CT molecular complexity index is 1260. The van der Waals surface area contributed by atoms with E-state index in [0.29, 0.717) is 11.0 Å². The smallest absolute Gasteiger partial charge is 0.306 e. The molecule has 4 rings (SSSR count). The lowest BCUT2D eigenvalue weighted by molar-refractivity contribution is -0.143. The van der Waals surface area contributed by atoms with Crippen LogP contribution >= 0.6 is 23.2 Å². The number of aromatic nitrogens is 3. The molecule has 1 atom stereocenters. The number of rotatable bonds is 5. The lowest BCUT2D eigenvalue weighted by Crippen LogP contribution is -2.29. The molecule has 172 valence electrons. The van der Waals surface area contributed by atoms with Crippen LogP contribution in [0.15, 0.2) is 41.7 Å². The van der Waals surface area contributed by atoms with Crippen molar-refractivity contribution in [1.29, 1.82) is 0 Å². The number of hydrogen-bond donors (Lipinski definition) is 2. The van der Waals surface area contributed by atoms with Crippen LogP contribution in [0.5, 0.6) is 0 Å². The van der Waals surface area contributed by atoms with Gasteiger partial charge in [0.1, 0.15) is 11.2 Å². The molecule has 0 saturated heterocycles. The highest BCUT2D eigenvalue weighted by molar-refractivity contribution is 6.39. The second-order valence-corrected chi connectivity index (χ2v) is 9.10. The molecule has 1 saturated carbocycles. The normalized spacial score (nSPS) is 19.2. The molecule has 2 N–H and O–H groups in total. The highest BCUT2D eigenvalue weighted by Crippen LogP contribution is 2.37. The average molecular weight is 489 g/mol. The van der Waals surface area contributed by atoms with Crippen LogP contribution in [0.3, 0.4) is 0 Å². The van der Waals surface area contributed by atoms with Crippen molar-refractivity contribution >= 4 is 51.8 Å². The number of nitrogens with zero attached hydrogens (tertiary/aromatic N) is 3. The van der Waals surface area contributed by atoms with Crippen LogP contribution < -0.4 is 10.7 Å². The number of nitrogens with one attached hydrogen (secondary N) is 1. The van der Waals surface area contributed by atoms with Gasteiger partial charge in [0, 0.05) is 30.8 Å². The first-order valence-corrected chi connectivity index (χ1v) is 11.4. The van der Waals surface area contributed by atoms with Crippen molar-refractivity contribution in [1.82, 2.24) is 14.5 Å². The molecule has 1 unspecified atom stereocenters. The number of hydrogen-bond acceptors (Lipinski definition) is 5. The number of fused-ring (bicyclic) bond motifs is 1. The summed E-state index contributed by atoms with van der Waals surface area (Å²) in [6.45, 7) is 1.74. The van der Waals surface area contributed by atoms with Crippen molar-refractivity contribution in [3.8, 4) is 0 Å². The van der Waals surface area contributed by atoms with Crippen LogP contribution in [0.1, 0.15) is 49.0 Å². The first kappa shape index (κ1) is 23.2. The SMILES string of the molecule is CC(C(=O)O)[C@H]1CC[C@H](n2cc(C(=O)Nc3c(Cl)cncc3Cl)c(=O)c3cccnc32)CC1. The van der Waals surface area contributed by atoms with E-state index in [1.807, 2.05) is 4.57 Å². The molecule has 0 aliphatic heterocycles. The maximum Gasteiger partial charge on any atom is 0.306 e. The second kappa shape index (κ2) is 9.49. The summed E-state index contributed by atoms with van der Waals surface area (Å²) in [5, 5.41) is 12.6. The molecule has 10 heteroatoms. The van der Waals surface area contributed by atoms with E-state index in [4.69, 9.17) is 23.2 Å². The van der Waals surface area contributed by atoms with Gasteiger partial charge in [-0.25, -0.2) is 4.98 Å². The first-order valence-electron chi connectivity index (χ1n) is 10.6. The molecule has 3 heterocycles. The number of carboxylic acids is 1. The van der Waals surface area contributed by atoms with Gasteiger partial charge in [0.25, 0.3) is 5.91 Å². The van der Waals surface area contributed by atoms with Gasteiger partial charge in [0.2, 0.25) is 5.43 Å². The third-order valence-corrected chi connectivity index (χ3v) is 6.93. The summed E-state index contributed by atoms with van der Waals surface area (Å²) in [4.78, 5) is 45.8. The molecule has 0 spiro atoms. The molecule has 1 amide bonds. The van der Waals surface area contributed by atoms with Crippen LogP contribution in [-0.4, -0.2) is 31.5 Å². The van der Waals surface area contributed by atoms with Crippen molar-refractivity contribution in [2.75, 3.05) is 5.32 Å². The van der Waals surface area contributed by atoms with Crippen molar-refractivity contribution in [2.24, 2.45) is 11.8 Å². The highest BCUT2D eigenvalue weighted by Gasteiger charge is 2.30. The largest absolute Gasteiger partial charge is 0.481 e. The Kier molecular flexibility index (Phi) is 6.67. The van der Waals surface area contributed by atoms with Gasteiger partial charge < -0.3 is 15.0 Å². The monoisotopic (exact) mass is 488 g/mol. The van der Waals surface area contributed by atoms with E-state index in [0.717, 1.165) is 25.7 Å². The van der Waals surface area contributed by atoms with Gasteiger partial charge in [-0.15, -0.1) is 0 Å². The fraction of sp³-hybridized carbons (Fsp3) is 0.348. The number of amides is 1. The molecule has 1 aliphatic carbocycles. The van der Waals surface area contributed by atoms with E-state index in [1.165, 1.54) is 18.6 Å². The number of anilines is 1. The standard InChI is InChI=1S/C23H22Cl2N4O4/c1-12(23(32)33)13-4-6-14(7-5-13)29-11-16(20(30)15-3-2-8-27-21(15)29)22(31)28-19-17(24)9-26-10-18(19)25/h2-3,8-14H,4-7H2,1H3,(H,32,33)(H,26,28,31)/t12?,13-,14-. The summed E-state index contributed by atoms with van der Waals surface area (Å²) in [5.41, 5.74) is 0.175. The molecule has 3 aromatic rings. The zero-order chi connectivity index (χ0) is 23.7. The van der Waals surface area contributed by atoms with E-state index >= 15 is 0 Å². The Labute approximate surface area is 199 Å². The number of pyridine rings is 3. The number of halogens is 2. The number of carbonyl (C=O) groups excluding carboxylic acids is 1. The molecule has 0 aromatic carbocycles. The predicted molar refractivity (Wildman–Crippen MR) is 126 cm³/mol. The van der Waals surface area contributed by atoms with Crippen LogP contribution in [0.25, 0.3) is 11.0 Å². The molecule has 1 fully saturated rings. The Balaban J connectivity index is 1.70. The number of carboxylic acid groups (broad SMARTS) is 1. The molecule has 1 aliphatic rings. The molecule has 3 aromatic heterocycles. The Hall–Kier alpha value is -2.97. The van der Waals surface area contributed by atoms with Gasteiger partial charge in [-0.3, -0.25) is 19.4 Å². The van der Waals surface area contributed by atoms with Crippen molar-refractivity contribution in [3.63, 3.8) is 0 Å². The Morgan fingerprint density at radius 2 is 1.85 bits per heavy atom. The van der Waals surface area contributed by atoms with Gasteiger partial charge in [-0.2, -0.15) is 0 Å². The minimum absolute atomic E-state index is 0.0140. The minimum Gasteiger partial charge on any atom is -0.481 e. The Morgan fingerprint density at radius 1 is 1.18 bits per heavy atom. The zero-order valence-electron chi connectivity index (χ0n) is 17.8. The Morgan fingerprint density at radius 3 is 2.48 bits per heavy atom. The van der Waals surface area contributed by atoms with Gasteiger partial charge in [0.15, 0.2) is 0 Å². The van der Waals surface area contributed by atoms with Gasteiger partial charge in [-0.05, 0) is 43.7 Å². The lowest BCUT2D eigenvalue weighted by Gasteiger charge is -2.32. The van der Waals surface area contributed by atoms with E-state index in [9.17, 15) is 19.5 Å². The number of aliphatic carboxylic acids is 1. The third kappa shape index (κ3) is 4.58.